The van der Waals surface area contributed by atoms with Crippen molar-refractivity contribution in [2.24, 2.45) is 0 Å². The van der Waals surface area contributed by atoms with E-state index in [0.29, 0.717) is 13.0 Å². The molecule has 1 saturated carbocycles. The van der Waals surface area contributed by atoms with Crippen molar-refractivity contribution in [1.82, 2.24) is 0 Å². The third-order valence-corrected chi connectivity index (χ3v) is 12.5. The van der Waals surface area contributed by atoms with Gasteiger partial charge in [0, 0.05) is 13.0 Å². The predicted molar refractivity (Wildman–Crippen MR) is 253 cm³/mol. The molecule has 1 aliphatic rings. The summed E-state index contributed by atoms with van der Waals surface area (Å²) in [7, 11) is -5.03. The highest BCUT2D eigenvalue weighted by molar-refractivity contribution is 7.47. The molecule has 6 N–H and O–H groups in total. The highest BCUT2D eigenvalue weighted by atomic mass is 31.2. The van der Waals surface area contributed by atoms with Gasteiger partial charge in [-0.2, -0.15) is 0 Å². The van der Waals surface area contributed by atoms with Gasteiger partial charge in [-0.1, -0.05) is 191 Å². The van der Waals surface area contributed by atoms with Gasteiger partial charge in [-0.15, -0.1) is 0 Å². The van der Waals surface area contributed by atoms with Crippen molar-refractivity contribution in [3.05, 3.63) is 48.6 Å². The van der Waals surface area contributed by atoms with Gasteiger partial charge in [0.2, 0.25) is 0 Å². The molecular formula is C50H91O12P. The SMILES string of the molecule is CC/C=C\C/C=C\C/C=C\C/C=C\CCCCC(=O)OC(COCCCCCCCCCCCCCCCCCCCCCCC)COP(=O)(O)OC1C(O)C(O)C(O)C(O)C1O. The molecule has 0 bridgehead atoms. The normalized spacial score (nSPS) is 22.2. The van der Waals surface area contributed by atoms with Crippen molar-refractivity contribution in [3.63, 3.8) is 0 Å². The summed E-state index contributed by atoms with van der Waals surface area (Å²) < 4.78 is 34.2. The summed E-state index contributed by atoms with van der Waals surface area (Å²) in [5.41, 5.74) is 0. The molecule has 0 amide bonds. The number of phosphoric acid groups is 1. The number of rotatable bonds is 42. The second-order valence-corrected chi connectivity index (χ2v) is 18.7. The van der Waals surface area contributed by atoms with Crippen LogP contribution in [0.3, 0.4) is 0 Å². The van der Waals surface area contributed by atoms with E-state index in [-0.39, 0.29) is 13.0 Å². The fourth-order valence-electron chi connectivity index (χ4n) is 7.52. The standard InChI is InChI=1S/C50H91O12P/c1-3-5-7-9-11-13-15-17-19-20-21-22-23-24-26-28-30-32-34-36-38-40-59-41-43(42-60-63(57,58)62-50-48(55)46(53)45(52)47(54)49(50)56)61-44(51)39-37-35-33-31-29-27-25-18-16-14-12-10-8-6-4-2/h6,8,12,14,18,25,29,31,43,45-50,52-56H,3-5,7,9-11,13,15-17,19-24,26-28,30,32-42H2,1-2H3,(H,57,58)/b8-6-,14-12-,25-18-,31-29-. The lowest BCUT2D eigenvalue weighted by Gasteiger charge is -2.41. The first-order chi connectivity index (χ1) is 30.5. The van der Waals surface area contributed by atoms with E-state index >= 15 is 0 Å². The van der Waals surface area contributed by atoms with Crippen molar-refractivity contribution in [2.75, 3.05) is 19.8 Å². The highest BCUT2D eigenvalue weighted by Gasteiger charge is 2.51. The van der Waals surface area contributed by atoms with E-state index in [0.717, 1.165) is 57.8 Å². The number of aliphatic hydroxyl groups excluding tert-OH is 5. The smallest absolute Gasteiger partial charge is 0.457 e. The van der Waals surface area contributed by atoms with Gasteiger partial charge >= 0.3 is 13.8 Å². The Morgan fingerprint density at radius 3 is 1.40 bits per heavy atom. The maximum absolute atomic E-state index is 12.8. The van der Waals surface area contributed by atoms with Crippen molar-refractivity contribution >= 4 is 13.8 Å². The molecule has 368 valence electrons. The third kappa shape index (κ3) is 32.6. The second-order valence-electron chi connectivity index (χ2n) is 17.3. The molecule has 0 aromatic carbocycles. The van der Waals surface area contributed by atoms with E-state index < -0.39 is 63.1 Å². The van der Waals surface area contributed by atoms with Gasteiger partial charge in [0.1, 0.15) is 42.7 Å². The van der Waals surface area contributed by atoms with Crippen LogP contribution in [-0.4, -0.2) is 98.9 Å². The summed E-state index contributed by atoms with van der Waals surface area (Å²) in [6, 6.07) is 0. The minimum atomic E-state index is -5.03. The lowest BCUT2D eigenvalue weighted by atomic mass is 9.85. The van der Waals surface area contributed by atoms with Crippen LogP contribution in [0.4, 0.5) is 0 Å². The summed E-state index contributed by atoms with van der Waals surface area (Å²) in [5, 5.41) is 50.2. The van der Waals surface area contributed by atoms with Crippen LogP contribution in [-0.2, 0) is 27.9 Å². The first kappa shape index (κ1) is 59.3. The number of aliphatic hydroxyl groups is 5. The van der Waals surface area contributed by atoms with Gasteiger partial charge in [-0.05, 0) is 51.4 Å². The van der Waals surface area contributed by atoms with Gasteiger partial charge in [0.05, 0.1) is 13.2 Å². The molecule has 0 spiro atoms. The Kier molecular flexibility index (Phi) is 38.2. The van der Waals surface area contributed by atoms with Gasteiger partial charge in [0.25, 0.3) is 0 Å². The number of allylic oxidation sites excluding steroid dienone is 8. The number of hydrogen-bond acceptors (Lipinski definition) is 11. The summed E-state index contributed by atoms with van der Waals surface area (Å²) in [5.74, 6) is -0.515. The molecule has 6 atom stereocenters. The van der Waals surface area contributed by atoms with Crippen LogP contribution in [0, 0.1) is 0 Å². The van der Waals surface area contributed by atoms with E-state index in [1.54, 1.807) is 0 Å². The zero-order chi connectivity index (χ0) is 46.2. The average Bonchev–Trinajstić information content (AvgIpc) is 3.27. The predicted octanol–water partition coefficient (Wildman–Crippen LogP) is 10.8. The number of phosphoric ester groups is 1. The molecule has 1 fully saturated rings. The fourth-order valence-corrected chi connectivity index (χ4v) is 8.50. The number of carbonyl (C=O) groups is 1. The maximum atomic E-state index is 12.8. The van der Waals surface area contributed by atoms with Crippen molar-refractivity contribution < 1.29 is 58.3 Å². The molecular weight excluding hydrogens is 824 g/mol. The Morgan fingerprint density at radius 1 is 0.524 bits per heavy atom. The summed E-state index contributed by atoms with van der Waals surface area (Å²) in [6.45, 7) is 4.12. The fraction of sp³-hybridized carbons (Fsp3) is 0.820. The van der Waals surface area contributed by atoms with Crippen LogP contribution in [0.5, 0.6) is 0 Å². The first-order valence-corrected chi connectivity index (χ1v) is 26.5. The minimum Gasteiger partial charge on any atom is -0.457 e. The van der Waals surface area contributed by atoms with Crippen LogP contribution < -0.4 is 0 Å². The summed E-state index contributed by atoms with van der Waals surface area (Å²) >= 11 is 0. The van der Waals surface area contributed by atoms with Crippen LogP contribution in [0.1, 0.15) is 200 Å². The zero-order valence-electron chi connectivity index (χ0n) is 39.4. The molecule has 6 unspecified atom stereocenters. The van der Waals surface area contributed by atoms with Crippen molar-refractivity contribution in [1.29, 1.82) is 0 Å². The minimum absolute atomic E-state index is 0.0921. The van der Waals surface area contributed by atoms with E-state index in [9.17, 15) is 39.8 Å². The van der Waals surface area contributed by atoms with Crippen molar-refractivity contribution in [2.45, 2.75) is 243 Å². The summed E-state index contributed by atoms with van der Waals surface area (Å²) in [6.07, 6.45) is 37.6. The zero-order valence-corrected chi connectivity index (χ0v) is 40.3. The van der Waals surface area contributed by atoms with Gasteiger partial charge in [-0.3, -0.25) is 13.8 Å². The van der Waals surface area contributed by atoms with E-state index in [2.05, 4.69) is 62.5 Å². The second kappa shape index (κ2) is 40.6. The Labute approximate surface area is 382 Å². The van der Waals surface area contributed by atoms with E-state index in [1.165, 1.54) is 116 Å². The van der Waals surface area contributed by atoms with E-state index in [4.69, 9.17) is 18.5 Å². The third-order valence-electron chi connectivity index (χ3n) is 11.5. The summed E-state index contributed by atoms with van der Waals surface area (Å²) in [4.78, 5) is 23.2. The average molecular weight is 915 g/mol. The van der Waals surface area contributed by atoms with Crippen LogP contribution in [0.2, 0.25) is 0 Å². The number of esters is 1. The van der Waals surface area contributed by atoms with Crippen LogP contribution in [0.15, 0.2) is 48.6 Å². The molecule has 0 aromatic heterocycles. The lowest BCUT2D eigenvalue weighted by molar-refractivity contribution is -0.220. The Morgan fingerprint density at radius 2 is 0.937 bits per heavy atom. The van der Waals surface area contributed by atoms with Crippen LogP contribution >= 0.6 is 7.82 Å². The largest absolute Gasteiger partial charge is 0.472 e. The highest BCUT2D eigenvalue weighted by Crippen LogP contribution is 2.47. The molecule has 0 radical (unpaired) electrons. The molecule has 0 saturated heterocycles. The monoisotopic (exact) mass is 915 g/mol. The van der Waals surface area contributed by atoms with Gasteiger partial charge in [0.15, 0.2) is 0 Å². The van der Waals surface area contributed by atoms with E-state index in [1.807, 2.05) is 0 Å². The van der Waals surface area contributed by atoms with Gasteiger partial charge < -0.3 is 39.9 Å². The Hall–Kier alpha value is -1.70. The number of hydrogen-bond donors (Lipinski definition) is 6. The molecule has 1 aliphatic carbocycles. The molecule has 1 rings (SSSR count). The Bertz CT molecular complexity index is 1230. The topological polar surface area (TPSA) is 192 Å². The number of ether oxygens (including phenoxy) is 2. The van der Waals surface area contributed by atoms with Crippen molar-refractivity contribution in [3.8, 4) is 0 Å². The molecule has 12 nitrogen and oxygen atoms in total. The maximum Gasteiger partial charge on any atom is 0.472 e. The number of unbranched alkanes of at least 4 members (excludes halogenated alkanes) is 22. The van der Waals surface area contributed by atoms with Gasteiger partial charge in [-0.25, -0.2) is 4.57 Å². The lowest BCUT2D eigenvalue weighted by Crippen LogP contribution is -2.64. The number of carbonyl (C=O) groups excluding carboxylic acids is 1. The molecule has 0 aromatic rings. The molecule has 0 aliphatic heterocycles. The first-order valence-electron chi connectivity index (χ1n) is 25.0. The quantitative estimate of drug-likeness (QED) is 0.0147. The van der Waals surface area contributed by atoms with Crippen LogP contribution in [0.25, 0.3) is 0 Å². The molecule has 63 heavy (non-hydrogen) atoms. The molecule has 13 heteroatoms. The Balaban J connectivity index is 2.35. The molecule has 0 heterocycles.